The fourth-order valence-corrected chi connectivity index (χ4v) is 2.22. The zero-order chi connectivity index (χ0) is 16.1. The zero-order valence-corrected chi connectivity index (χ0v) is 12.6. The lowest BCUT2D eigenvalue weighted by molar-refractivity contribution is 0.101. The van der Waals surface area contributed by atoms with Crippen LogP contribution in [0.25, 0.3) is 0 Å². The quantitative estimate of drug-likeness (QED) is 0.563. The Bertz CT molecular complexity index is 723. The number of carbonyl (C=O) groups is 1. The van der Waals surface area contributed by atoms with Gasteiger partial charge in [-0.1, -0.05) is 30.3 Å². The van der Waals surface area contributed by atoms with E-state index < -0.39 is 5.56 Å². The van der Waals surface area contributed by atoms with Crippen molar-refractivity contribution in [2.24, 2.45) is 0 Å². The smallest absolute Gasteiger partial charge is 0.286 e. The predicted molar refractivity (Wildman–Crippen MR) is 85.8 cm³/mol. The minimum absolute atomic E-state index is 0.109. The van der Waals surface area contributed by atoms with E-state index in [0.717, 1.165) is 5.56 Å². The summed E-state index contributed by atoms with van der Waals surface area (Å²) in [5.74, 6) is -0.132. The molecule has 116 valence electrons. The van der Waals surface area contributed by atoms with Crippen LogP contribution >= 0.6 is 0 Å². The Hall–Kier alpha value is -2.76. The molecule has 0 saturated heterocycles. The molecule has 0 bridgehead atoms. The maximum Gasteiger partial charge on any atom is 0.286 e. The minimum Gasteiger partial charge on any atom is -0.423 e. The van der Waals surface area contributed by atoms with Crippen molar-refractivity contribution in [2.75, 3.05) is 17.2 Å². The summed E-state index contributed by atoms with van der Waals surface area (Å²) in [6, 6.07) is 10.9. The summed E-state index contributed by atoms with van der Waals surface area (Å²) >= 11 is 0. The van der Waals surface area contributed by atoms with Gasteiger partial charge in [0.25, 0.3) is 5.56 Å². The van der Waals surface area contributed by atoms with E-state index in [-0.39, 0.29) is 17.2 Å². The normalized spacial score (nSPS) is 10.3. The van der Waals surface area contributed by atoms with Crippen LogP contribution in [0, 0.1) is 0 Å². The molecule has 2 rings (SSSR count). The highest BCUT2D eigenvalue weighted by atomic mass is 16.5. The Morgan fingerprint density at radius 2 is 1.91 bits per heavy atom. The van der Waals surface area contributed by atoms with Gasteiger partial charge in [0.05, 0.1) is 11.3 Å². The lowest BCUT2D eigenvalue weighted by Crippen LogP contribution is -2.25. The first-order valence-electron chi connectivity index (χ1n) is 7.06. The molecule has 1 heterocycles. The van der Waals surface area contributed by atoms with E-state index in [1.807, 2.05) is 37.3 Å². The number of rotatable bonds is 6. The number of aromatic nitrogens is 1. The molecule has 0 aliphatic heterocycles. The van der Waals surface area contributed by atoms with E-state index in [1.165, 1.54) is 13.0 Å². The Kier molecular flexibility index (Phi) is 4.83. The Balaban J connectivity index is 2.41. The summed E-state index contributed by atoms with van der Waals surface area (Å²) in [4.78, 5) is 23.8. The fraction of sp³-hybridized carbons (Fsp3) is 0.250. The van der Waals surface area contributed by atoms with Gasteiger partial charge in [0, 0.05) is 19.2 Å². The number of hydrogen-bond acceptors (Lipinski definition) is 5. The molecule has 0 unspecified atom stereocenters. The third-order valence-corrected chi connectivity index (χ3v) is 3.22. The second kappa shape index (κ2) is 6.80. The number of hydrogen-bond donors (Lipinski definition) is 3. The molecule has 0 spiro atoms. The summed E-state index contributed by atoms with van der Waals surface area (Å²) in [5, 5.41) is 15.8. The molecule has 3 N–H and O–H groups in total. The number of nitrogens with zero attached hydrogens (tertiary/aromatic N) is 1. The molecule has 6 nitrogen and oxygen atoms in total. The van der Waals surface area contributed by atoms with Crippen molar-refractivity contribution < 1.29 is 10.0 Å². The molecule has 0 fully saturated rings. The van der Waals surface area contributed by atoms with Crippen LogP contribution in [0.1, 0.15) is 29.8 Å². The van der Waals surface area contributed by atoms with Crippen molar-refractivity contribution in [3.63, 3.8) is 0 Å². The summed E-state index contributed by atoms with van der Waals surface area (Å²) in [7, 11) is 0. The second-order valence-corrected chi connectivity index (χ2v) is 4.86. The third kappa shape index (κ3) is 3.28. The molecular formula is C16H19N3O3. The van der Waals surface area contributed by atoms with Crippen molar-refractivity contribution >= 4 is 17.3 Å². The number of pyridine rings is 1. The van der Waals surface area contributed by atoms with Crippen molar-refractivity contribution in [3.05, 3.63) is 57.9 Å². The molecule has 0 amide bonds. The van der Waals surface area contributed by atoms with Gasteiger partial charge < -0.3 is 15.8 Å². The first-order valence-corrected chi connectivity index (χ1v) is 7.06. The number of Topliss-reactive ketones (excluding diaryl/α,β-unsaturated/α-hetero) is 1. The Morgan fingerprint density at radius 3 is 2.50 bits per heavy atom. The highest BCUT2D eigenvalue weighted by Crippen LogP contribution is 2.23. The molecule has 0 saturated carbocycles. The van der Waals surface area contributed by atoms with Gasteiger partial charge in [-0.3, -0.25) is 9.59 Å². The minimum atomic E-state index is -0.600. The van der Waals surface area contributed by atoms with Crippen LogP contribution < -0.4 is 16.2 Å². The molecule has 0 radical (unpaired) electrons. The van der Waals surface area contributed by atoms with Gasteiger partial charge in [0.1, 0.15) is 0 Å². The van der Waals surface area contributed by atoms with Crippen molar-refractivity contribution in [2.45, 2.75) is 20.4 Å². The van der Waals surface area contributed by atoms with Gasteiger partial charge in [-0.05, 0) is 19.4 Å². The van der Waals surface area contributed by atoms with E-state index >= 15 is 0 Å². The van der Waals surface area contributed by atoms with Gasteiger partial charge in [-0.15, -0.1) is 4.73 Å². The van der Waals surface area contributed by atoms with Gasteiger partial charge in [0.15, 0.2) is 11.6 Å². The number of benzene rings is 1. The summed E-state index contributed by atoms with van der Waals surface area (Å²) in [6.07, 6.45) is 0. The van der Waals surface area contributed by atoms with Crippen molar-refractivity contribution in [1.29, 1.82) is 0 Å². The van der Waals surface area contributed by atoms with Crippen LogP contribution in [0.3, 0.4) is 0 Å². The monoisotopic (exact) mass is 301 g/mol. The van der Waals surface area contributed by atoms with Crippen molar-refractivity contribution in [3.8, 4) is 0 Å². The number of carbonyl (C=O) groups excluding carboxylic acids is 1. The molecule has 1 aromatic carbocycles. The highest BCUT2D eigenvalue weighted by Gasteiger charge is 2.18. The standard InChI is InChI=1S/C16H19N3O3/c1-3-17-16-15(11(2)20)13(9-14(21)19(16)22)18-10-12-7-5-4-6-8-12/h4-9,17-18,22H,3,10H2,1-2H3. The summed E-state index contributed by atoms with van der Waals surface area (Å²) < 4.78 is 0.466. The average molecular weight is 301 g/mol. The van der Waals surface area contributed by atoms with Crippen LogP contribution in [0.2, 0.25) is 0 Å². The van der Waals surface area contributed by atoms with Crippen LogP contribution in [0.4, 0.5) is 11.5 Å². The molecule has 0 aliphatic rings. The van der Waals surface area contributed by atoms with E-state index in [1.54, 1.807) is 0 Å². The first-order chi connectivity index (χ1) is 10.5. The van der Waals surface area contributed by atoms with Crippen LogP contribution in [0.15, 0.2) is 41.2 Å². The van der Waals surface area contributed by atoms with Crippen LogP contribution in [0.5, 0.6) is 0 Å². The number of ketones is 1. The Labute approximate surface area is 128 Å². The first kappa shape index (κ1) is 15.6. The fourth-order valence-electron chi connectivity index (χ4n) is 2.22. The van der Waals surface area contributed by atoms with Gasteiger partial charge in [-0.2, -0.15) is 0 Å². The van der Waals surface area contributed by atoms with E-state index in [2.05, 4.69) is 10.6 Å². The zero-order valence-electron chi connectivity index (χ0n) is 12.6. The molecule has 22 heavy (non-hydrogen) atoms. The largest absolute Gasteiger partial charge is 0.423 e. The lowest BCUT2D eigenvalue weighted by atomic mass is 10.1. The number of anilines is 2. The van der Waals surface area contributed by atoms with Crippen LogP contribution in [-0.4, -0.2) is 22.3 Å². The summed E-state index contributed by atoms with van der Waals surface area (Å²) in [5.41, 5.74) is 1.09. The molecule has 1 aromatic heterocycles. The maximum absolute atomic E-state index is 11.9. The highest BCUT2D eigenvalue weighted by molar-refractivity contribution is 6.04. The third-order valence-electron chi connectivity index (χ3n) is 3.22. The molecule has 0 aliphatic carbocycles. The van der Waals surface area contributed by atoms with Crippen LogP contribution in [-0.2, 0) is 6.54 Å². The van der Waals surface area contributed by atoms with Gasteiger partial charge >= 0.3 is 0 Å². The molecular weight excluding hydrogens is 282 g/mol. The topological polar surface area (TPSA) is 83.4 Å². The van der Waals surface area contributed by atoms with Gasteiger partial charge in [-0.25, -0.2) is 0 Å². The van der Waals surface area contributed by atoms with Gasteiger partial charge in [0.2, 0.25) is 0 Å². The average Bonchev–Trinajstić information content (AvgIpc) is 2.50. The van der Waals surface area contributed by atoms with E-state index in [4.69, 9.17) is 0 Å². The van der Waals surface area contributed by atoms with E-state index in [0.29, 0.717) is 23.5 Å². The number of nitrogens with one attached hydrogen (secondary N) is 2. The SMILES string of the molecule is CCNc1c(C(C)=O)c(NCc2ccccc2)cc(=O)n1O. The molecule has 2 aromatic rings. The predicted octanol–water partition coefficient (Wildman–Crippen LogP) is 2.33. The van der Waals surface area contributed by atoms with Crippen molar-refractivity contribution in [1.82, 2.24) is 4.73 Å². The maximum atomic E-state index is 11.9. The molecule has 6 heteroatoms. The lowest BCUT2D eigenvalue weighted by Gasteiger charge is -2.16. The Morgan fingerprint density at radius 1 is 1.23 bits per heavy atom. The second-order valence-electron chi connectivity index (χ2n) is 4.86. The van der Waals surface area contributed by atoms with E-state index in [9.17, 15) is 14.8 Å². The summed E-state index contributed by atoms with van der Waals surface area (Å²) in [6.45, 7) is 4.16. The molecule has 0 atom stereocenters.